The summed E-state index contributed by atoms with van der Waals surface area (Å²) >= 11 is 0. The number of aliphatic hydroxyl groups is 2. The van der Waals surface area contributed by atoms with Gasteiger partial charge in [-0.3, -0.25) is 9.59 Å². The largest absolute Gasteiger partial charge is 0.481 e. The zero-order valence-corrected chi connectivity index (χ0v) is 23.1. The Morgan fingerprint density at radius 3 is 2.77 bits per heavy atom. The Balaban J connectivity index is 1.15. The first kappa shape index (κ1) is 27.2. The van der Waals surface area contributed by atoms with Gasteiger partial charge in [-0.05, 0) is 57.8 Å². The van der Waals surface area contributed by atoms with Crippen molar-refractivity contribution in [2.45, 2.75) is 94.2 Å². The molecule has 1 aromatic carbocycles. The van der Waals surface area contributed by atoms with Crippen LogP contribution >= 0.6 is 0 Å². The molecule has 1 spiro atoms. The van der Waals surface area contributed by atoms with E-state index in [-0.39, 0.29) is 49.6 Å². The van der Waals surface area contributed by atoms with E-state index in [9.17, 15) is 24.6 Å². The lowest BCUT2D eigenvalue weighted by Crippen LogP contribution is -2.74. The van der Waals surface area contributed by atoms with E-state index in [1.165, 1.54) is 6.92 Å². The number of aliphatic hydroxyl groups excluding tert-OH is 1. The van der Waals surface area contributed by atoms with Gasteiger partial charge in [-0.25, -0.2) is 4.79 Å². The fourth-order valence-electron chi connectivity index (χ4n) is 7.75. The molecule has 1 saturated heterocycles. The summed E-state index contributed by atoms with van der Waals surface area (Å²) in [5.41, 5.74) is 0.673. The zero-order chi connectivity index (χ0) is 28.2. The Morgan fingerprint density at radius 1 is 1.25 bits per heavy atom. The number of hydrogen-bond donors (Lipinski definition) is 3. The second kappa shape index (κ2) is 10.2. The van der Waals surface area contributed by atoms with Gasteiger partial charge in [-0.1, -0.05) is 25.0 Å². The number of nitrogens with one attached hydrogen (secondary N) is 1. The van der Waals surface area contributed by atoms with Crippen LogP contribution < -0.4 is 10.1 Å². The van der Waals surface area contributed by atoms with E-state index in [0.29, 0.717) is 24.2 Å². The highest BCUT2D eigenvalue weighted by Crippen LogP contribution is 2.64. The zero-order valence-electron chi connectivity index (χ0n) is 23.1. The molecule has 5 atom stereocenters. The summed E-state index contributed by atoms with van der Waals surface area (Å²) in [6, 6.07) is 3.73. The van der Waals surface area contributed by atoms with E-state index in [1.807, 2.05) is 19.2 Å². The van der Waals surface area contributed by atoms with Crippen LogP contribution in [0.3, 0.4) is 0 Å². The number of nitrogens with zero attached hydrogens (tertiary/aromatic N) is 1. The van der Waals surface area contributed by atoms with Gasteiger partial charge >= 0.3 is 11.9 Å². The highest BCUT2D eigenvalue weighted by molar-refractivity contribution is 5.81. The number of ether oxygens (including phenoxy) is 3. The standard InChI is InChI=1S/C30H38N2O8/c1-17(38-23(34)10-13-31-27(35)18-5-3-4-6-18)28(36)39-21-9-11-30(37)22-15-19-7-8-20(16-33)25-24(19)29(30,26(21)40-25)12-14-32(22)2/h7-9,17-18,22,26,33,37H,3-6,10-16H2,1-2H3,(H,31,35)/t17-,22+,26-,29-,30+/m0/s1. The predicted octanol–water partition coefficient (Wildman–Crippen LogP) is 1.63. The molecule has 2 heterocycles. The molecule has 40 heavy (non-hydrogen) atoms. The molecular weight excluding hydrogens is 516 g/mol. The van der Waals surface area contributed by atoms with E-state index in [0.717, 1.165) is 43.4 Å². The van der Waals surface area contributed by atoms with Crippen molar-refractivity contribution in [3.8, 4) is 5.75 Å². The topological polar surface area (TPSA) is 135 Å². The third-order valence-corrected chi connectivity index (χ3v) is 9.84. The fraction of sp³-hybridized carbons (Fsp3) is 0.633. The van der Waals surface area contributed by atoms with E-state index >= 15 is 0 Å². The van der Waals surface area contributed by atoms with Crippen molar-refractivity contribution >= 4 is 17.8 Å². The smallest absolute Gasteiger partial charge is 0.352 e. The average Bonchev–Trinajstić information content (AvgIpc) is 3.59. The summed E-state index contributed by atoms with van der Waals surface area (Å²) in [6.07, 6.45) is 5.16. The van der Waals surface area contributed by atoms with Gasteiger partial charge in [-0.15, -0.1) is 0 Å². The number of benzene rings is 1. The van der Waals surface area contributed by atoms with Crippen LogP contribution in [0.25, 0.3) is 0 Å². The summed E-state index contributed by atoms with van der Waals surface area (Å²) in [4.78, 5) is 39.8. The number of hydrogen-bond acceptors (Lipinski definition) is 9. The quantitative estimate of drug-likeness (QED) is 0.410. The van der Waals surface area contributed by atoms with Gasteiger partial charge < -0.3 is 34.6 Å². The summed E-state index contributed by atoms with van der Waals surface area (Å²) in [5, 5.41) is 25.1. The Kier molecular flexibility index (Phi) is 6.91. The van der Waals surface area contributed by atoms with E-state index in [4.69, 9.17) is 14.2 Å². The highest BCUT2D eigenvalue weighted by atomic mass is 16.6. The molecule has 1 aromatic rings. The Bertz CT molecular complexity index is 1260. The maximum atomic E-state index is 13.1. The molecule has 5 aliphatic rings. The minimum atomic E-state index is -1.17. The van der Waals surface area contributed by atoms with Crippen molar-refractivity contribution in [1.82, 2.24) is 10.2 Å². The van der Waals surface area contributed by atoms with Crippen molar-refractivity contribution < 1.29 is 38.8 Å². The van der Waals surface area contributed by atoms with Crippen molar-refractivity contribution in [1.29, 1.82) is 0 Å². The maximum Gasteiger partial charge on any atom is 0.352 e. The van der Waals surface area contributed by atoms with Crippen LogP contribution in [-0.2, 0) is 42.3 Å². The van der Waals surface area contributed by atoms with Crippen molar-refractivity contribution in [3.05, 3.63) is 40.7 Å². The van der Waals surface area contributed by atoms with E-state index in [1.54, 1.807) is 6.08 Å². The molecule has 6 rings (SSSR count). The number of rotatable bonds is 8. The molecule has 3 N–H and O–H groups in total. The number of carbonyl (C=O) groups excluding carboxylic acids is 3. The monoisotopic (exact) mass is 554 g/mol. The number of piperidine rings is 1. The van der Waals surface area contributed by atoms with Crippen LogP contribution in [0.2, 0.25) is 0 Å². The van der Waals surface area contributed by atoms with Crippen LogP contribution in [0.15, 0.2) is 24.0 Å². The van der Waals surface area contributed by atoms with Gasteiger partial charge in [0.1, 0.15) is 11.5 Å². The molecule has 0 radical (unpaired) electrons. The molecule has 10 heteroatoms. The number of likely N-dealkylation sites (tertiary alicyclic amines) is 1. The molecule has 2 fully saturated rings. The van der Waals surface area contributed by atoms with Crippen LogP contribution in [-0.4, -0.2) is 76.9 Å². The second-order valence-electron chi connectivity index (χ2n) is 12.0. The van der Waals surface area contributed by atoms with Gasteiger partial charge in [0.05, 0.1) is 24.0 Å². The van der Waals surface area contributed by atoms with Crippen molar-refractivity contribution in [2.75, 3.05) is 20.1 Å². The minimum Gasteiger partial charge on any atom is -0.481 e. The lowest BCUT2D eigenvalue weighted by Gasteiger charge is -2.61. The number of amides is 1. The van der Waals surface area contributed by atoms with Crippen LogP contribution in [0.5, 0.6) is 5.75 Å². The third kappa shape index (κ3) is 4.06. The Labute approximate surface area is 233 Å². The lowest BCUT2D eigenvalue weighted by molar-refractivity contribution is -0.175. The summed E-state index contributed by atoms with van der Waals surface area (Å²) < 4.78 is 17.6. The summed E-state index contributed by atoms with van der Waals surface area (Å²) in [5.74, 6) is -0.506. The molecule has 1 amide bonds. The highest BCUT2D eigenvalue weighted by Gasteiger charge is 2.71. The second-order valence-corrected chi connectivity index (χ2v) is 12.0. The van der Waals surface area contributed by atoms with E-state index in [2.05, 4.69) is 10.2 Å². The van der Waals surface area contributed by atoms with Gasteiger partial charge in [0, 0.05) is 36.1 Å². The number of esters is 2. The van der Waals surface area contributed by atoms with Gasteiger partial charge in [0.15, 0.2) is 12.2 Å². The average molecular weight is 555 g/mol. The number of carbonyl (C=O) groups is 3. The Hall–Kier alpha value is -2.95. The molecule has 3 aliphatic carbocycles. The third-order valence-electron chi connectivity index (χ3n) is 9.84. The van der Waals surface area contributed by atoms with E-state index < -0.39 is 35.2 Å². The Morgan fingerprint density at radius 2 is 2.02 bits per heavy atom. The molecule has 2 bridgehead atoms. The summed E-state index contributed by atoms with van der Waals surface area (Å²) in [6.45, 7) is 2.14. The minimum absolute atomic E-state index is 0.0169. The predicted molar refractivity (Wildman–Crippen MR) is 142 cm³/mol. The maximum absolute atomic E-state index is 13.1. The molecule has 10 nitrogen and oxygen atoms in total. The first-order valence-electron chi connectivity index (χ1n) is 14.4. The number of likely N-dealkylation sites (N-methyl/N-ethyl adjacent to an activating group) is 1. The molecule has 216 valence electrons. The lowest BCUT2D eigenvalue weighted by atomic mass is 9.50. The molecule has 2 aliphatic heterocycles. The van der Waals surface area contributed by atoms with Crippen molar-refractivity contribution in [3.63, 3.8) is 0 Å². The van der Waals surface area contributed by atoms with Gasteiger partial charge in [-0.2, -0.15) is 0 Å². The molecule has 1 saturated carbocycles. The first-order chi connectivity index (χ1) is 19.2. The van der Waals surface area contributed by atoms with Crippen LogP contribution in [0.4, 0.5) is 0 Å². The normalized spacial score (nSPS) is 31.1. The fourth-order valence-corrected chi connectivity index (χ4v) is 7.75. The van der Waals surface area contributed by atoms with Crippen molar-refractivity contribution in [2.24, 2.45) is 5.92 Å². The first-order valence-corrected chi connectivity index (χ1v) is 14.4. The SMILES string of the molecule is C[C@H](OC(=O)CCNC(=O)C1CCCC1)C(=O)OC1=CC[C@@]2(O)[C@H]3Cc4ccc(CO)c5c4[C@@]2(CCN3C)[C@H]1O5. The van der Waals surface area contributed by atoms with Gasteiger partial charge in [0.2, 0.25) is 5.91 Å². The molecular formula is C30H38N2O8. The summed E-state index contributed by atoms with van der Waals surface area (Å²) in [7, 11) is 2.02. The molecule has 0 unspecified atom stereocenters. The van der Waals surface area contributed by atoms with Crippen LogP contribution in [0, 0.1) is 5.92 Å². The van der Waals surface area contributed by atoms with Crippen LogP contribution in [0.1, 0.15) is 68.6 Å². The molecule has 0 aromatic heterocycles. The van der Waals surface area contributed by atoms with Gasteiger partial charge in [0.25, 0.3) is 0 Å².